The van der Waals surface area contributed by atoms with Gasteiger partial charge in [0.1, 0.15) is 23.1 Å². The fourth-order valence-corrected chi connectivity index (χ4v) is 3.42. The van der Waals surface area contributed by atoms with Crippen LogP contribution in [0.1, 0.15) is 31.9 Å². The maximum absolute atomic E-state index is 14.3. The van der Waals surface area contributed by atoms with Crippen molar-refractivity contribution in [2.24, 2.45) is 0 Å². The van der Waals surface area contributed by atoms with E-state index in [1.807, 2.05) is 0 Å². The summed E-state index contributed by atoms with van der Waals surface area (Å²) in [4.78, 5) is 13.9. The normalized spacial score (nSPS) is 14.1. The third kappa shape index (κ3) is 4.05. The fourth-order valence-electron chi connectivity index (χ4n) is 3.15. The van der Waals surface area contributed by atoms with Crippen LogP contribution in [0.25, 0.3) is 11.1 Å². The molecule has 0 spiro atoms. The first-order chi connectivity index (χ1) is 12.6. The van der Waals surface area contributed by atoms with E-state index >= 15 is 0 Å². The van der Waals surface area contributed by atoms with Crippen LogP contribution in [0.3, 0.4) is 0 Å². The summed E-state index contributed by atoms with van der Waals surface area (Å²) in [5, 5.41) is 0.459. The van der Waals surface area contributed by atoms with Gasteiger partial charge in [-0.1, -0.05) is 17.7 Å². The Hall–Kier alpha value is -2.21. The average Bonchev–Trinajstić information content (AvgIpc) is 2.54. The lowest BCUT2D eigenvalue weighted by Gasteiger charge is -2.32. The molecule has 2 aromatic rings. The lowest BCUT2D eigenvalue weighted by atomic mass is 9.90. The van der Waals surface area contributed by atoms with E-state index in [0.29, 0.717) is 35.7 Å². The SMILES string of the molecule is CC(C)(C)OC(=O)N1CCc2c(Cl)ccc(-c3c(F)cc(F)cc3F)c2C1. The largest absolute Gasteiger partial charge is 0.444 e. The molecule has 3 nitrogen and oxygen atoms in total. The molecule has 0 N–H and O–H groups in total. The highest BCUT2D eigenvalue weighted by atomic mass is 35.5. The van der Waals surface area contributed by atoms with Gasteiger partial charge < -0.3 is 9.64 Å². The topological polar surface area (TPSA) is 29.5 Å². The number of halogens is 4. The van der Waals surface area contributed by atoms with Crippen LogP contribution in [-0.4, -0.2) is 23.1 Å². The molecule has 0 aromatic heterocycles. The second-order valence-electron chi connectivity index (χ2n) is 7.45. The van der Waals surface area contributed by atoms with Gasteiger partial charge in [-0.05, 0) is 49.9 Å². The van der Waals surface area contributed by atoms with Crippen molar-refractivity contribution < 1.29 is 22.7 Å². The lowest BCUT2D eigenvalue weighted by Crippen LogP contribution is -2.40. The molecule has 0 saturated heterocycles. The van der Waals surface area contributed by atoms with Crippen molar-refractivity contribution in [3.63, 3.8) is 0 Å². The molecule has 2 aromatic carbocycles. The smallest absolute Gasteiger partial charge is 0.410 e. The summed E-state index contributed by atoms with van der Waals surface area (Å²) in [7, 11) is 0. The van der Waals surface area contributed by atoms with E-state index in [0.717, 1.165) is 5.56 Å². The number of hydrogen-bond donors (Lipinski definition) is 0. The Labute approximate surface area is 160 Å². The van der Waals surface area contributed by atoms with E-state index in [4.69, 9.17) is 16.3 Å². The van der Waals surface area contributed by atoms with Crippen LogP contribution in [0.15, 0.2) is 24.3 Å². The minimum absolute atomic E-state index is 0.0936. The summed E-state index contributed by atoms with van der Waals surface area (Å²) in [6.07, 6.45) is -0.0924. The van der Waals surface area contributed by atoms with E-state index in [2.05, 4.69) is 0 Å². The first-order valence-electron chi connectivity index (χ1n) is 8.50. The van der Waals surface area contributed by atoms with Crippen LogP contribution in [0, 0.1) is 17.5 Å². The van der Waals surface area contributed by atoms with Gasteiger partial charge in [0.05, 0.1) is 5.56 Å². The number of rotatable bonds is 1. The van der Waals surface area contributed by atoms with Crippen LogP contribution in [0.4, 0.5) is 18.0 Å². The van der Waals surface area contributed by atoms with Crippen LogP contribution < -0.4 is 0 Å². The molecule has 0 aliphatic carbocycles. The van der Waals surface area contributed by atoms with Crippen molar-refractivity contribution in [1.82, 2.24) is 4.90 Å². The highest BCUT2D eigenvalue weighted by Gasteiger charge is 2.29. The van der Waals surface area contributed by atoms with Gasteiger partial charge >= 0.3 is 6.09 Å². The zero-order valence-corrected chi connectivity index (χ0v) is 16.0. The summed E-state index contributed by atoms with van der Waals surface area (Å²) >= 11 is 6.26. The summed E-state index contributed by atoms with van der Waals surface area (Å²) in [5.41, 5.74) is 0.498. The van der Waals surface area contributed by atoms with Crippen molar-refractivity contribution in [2.45, 2.75) is 39.3 Å². The van der Waals surface area contributed by atoms with Gasteiger partial charge in [-0.2, -0.15) is 0 Å². The van der Waals surface area contributed by atoms with E-state index in [1.54, 1.807) is 26.8 Å². The van der Waals surface area contributed by atoms with E-state index < -0.39 is 29.1 Å². The molecule has 144 valence electrons. The van der Waals surface area contributed by atoms with Crippen molar-refractivity contribution in [3.8, 4) is 11.1 Å². The van der Waals surface area contributed by atoms with Crippen molar-refractivity contribution >= 4 is 17.7 Å². The maximum Gasteiger partial charge on any atom is 0.410 e. The van der Waals surface area contributed by atoms with Gasteiger partial charge in [0.2, 0.25) is 0 Å². The Morgan fingerprint density at radius 3 is 2.33 bits per heavy atom. The minimum atomic E-state index is -1.01. The first kappa shape index (κ1) is 19.5. The molecule has 0 radical (unpaired) electrons. The molecule has 27 heavy (non-hydrogen) atoms. The number of carbonyl (C=O) groups excluding carboxylic acids is 1. The number of ether oxygens (including phenoxy) is 1. The molecule has 0 unspecified atom stereocenters. The predicted molar refractivity (Wildman–Crippen MR) is 97.1 cm³/mol. The molecule has 0 fully saturated rings. The second kappa shape index (κ2) is 7.08. The third-order valence-electron chi connectivity index (χ3n) is 4.28. The Bertz CT molecular complexity index is 886. The van der Waals surface area contributed by atoms with Crippen LogP contribution in [0.5, 0.6) is 0 Å². The van der Waals surface area contributed by atoms with Crippen molar-refractivity contribution in [1.29, 1.82) is 0 Å². The van der Waals surface area contributed by atoms with Crippen molar-refractivity contribution in [2.75, 3.05) is 6.54 Å². The molecular weight excluding hydrogens is 379 g/mol. The Morgan fingerprint density at radius 1 is 1.11 bits per heavy atom. The third-order valence-corrected chi connectivity index (χ3v) is 4.64. The Kier molecular flexibility index (Phi) is 5.12. The Morgan fingerprint density at radius 2 is 1.74 bits per heavy atom. The summed E-state index contributed by atoms with van der Waals surface area (Å²) in [5.74, 6) is -3.01. The molecule has 3 rings (SSSR count). The summed E-state index contributed by atoms with van der Waals surface area (Å²) < 4.78 is 47.3. The molecule has 1 amide bonds. The fraction of sp³-hybridized carbons (Fsp3) is 0.350. The van der Waals surface area contributed by atoms with Crippen LogP contribution in [0.2, 0.25) is 5.02 Å². The predicted octanol–water partition coefficient (Wildman–Crippen LogP) is 5.72. The monoisotopic (exact) mass is 397 g/mol. The second-order valence-corrected chi connectivity index (χ2v) is 7.86. The molecule has 1 aliphatic rings. The minimum Gasteiger partial charge on any atom is -0.444 e. The number of fused-ring (bicyclic) bond motifs is 1. The summed E-state index contributed by atoms with van der Waals surface area (Å²) in [6.45, 7) is 5.74. The number of benzene rings is 2. The zero-order valence-electron chi connectivity index (χ0n) is 15.2. The van der Waals surface area contributed by atoms with E-state index in [9.17, 15) is 18.0 Å². The molecule has 0 atom stereocenters. The average molecular weight is 398 g/mol. The molecule has 0 bridgehead atoms. The van der Waals surface area contributed by atoms with Gasteiger partial charge in [-0.3, -0.25) is 0 Å². The number of carbonyl (C=O) groups is 1. The Balaban J connectivity index is 2.05. The van der Waals surface area contributed by atoms with Crippen molar-refractivity contribution in [3.05, 3.63) is 57.9 Å². The standard InChI is InChI=1S/C20H19ClF3NO2/c1-20(2,3)27-19(26)25-7-6-12-14(10-25)13(4-5-15(12)21)18-16(23)8-11(22)9-17(18)24/h4-5,8-9H,6-7,10H2,1-3H3. The number of amides is 1. The number of hydrogen-bond acceptors (Lipinski definition) is 2. The molecule has 1 heterocycles. The van der Waals surface area contributed by atoms with Gasteiger partial charge in [-0.15, -0.1) is 0 Å². The van der Waals surface area contributed by atoms with E-state index in [1.165, 1.54) is 11.0 Å². The number of nitrogens with zero attached hydrogens (tertiary/aromatic N) is 1. The van der Waals surface area contributed by atoms with Crippen LogP contribution in [-0.2, 0) is 17.7 Å². The lowest BCUT2D eigenvalue weighted by molar-refractivity contribution is 0.0224. The highest BCUT2D eigenvalue weighted by molar-refractivity contribution is 6.31. The zero-order chi connectivity index (χ0) is 19.9. The molecule has 1 aliphatic heterocycles. The van der Waals surface area contributed by atoms with E-state index in [-0.39, 0.29) is 17.7 Å². The van der Waals surface area contributed by atoms with Gasteiger partial charge in [0, 0.05) is 30.2 Å². The van der Waals surface area contributed by atoms with Crippen LogP contribution >= 0.6 is 11.6 Å². The first-order valence-corrected chi connectivity index (χ1v) is 8.87. The molecular formula is C20H19ClF3NO2. The molecule has 0 saturated carbocycles. The maximum atomic E-state index is 14.3. The van der Waals surface area contributed by atoms with Gasteiger partial charge in [-0.25, -0.2) is 18.0 Å². The quantitative estimate of drug-likeness (QED) is 0.616. The van der Waals surface area contributed by atoms with Gasteiger partial charge in [0.25, 0.3) is 0 Å². The van der Waals surface area contributed by atoms with Gasteiger partial charge in [0.15, 0.2) is 0 Å². The molecule has 7 heteroatoms. The highest BCUT2D eigenvalue weighted by Crippen LogP contribution is 2.37. The summed E-state index contributed by atoms with van der Waals surface area (Å²) in [6, 6.07) is 4.31.